The summed E-state index contributed by atoms with van der Waals surface area (Å²) in [4.78, 5) is 15.7. The van der Waals surface area contributed by atoms with Crippen molar-refractivity contribution >= 4 is 23.2 Å². The molecule has 0 bridgehead atoms. The summed E-state index contributed by atoms with van der Waals surface area (Å²) in [6.07, 6.45) is 4.51. The van der Waals surface area contributed by atoms with Crippen LogP contribution >= 0.6 is 11.6 Å². The fourth-order valence-electron chi connectivity index (χ4n) is 1.54. The molecule has 2 rings (SSSR count). The van der Waals surface area contributed by atoms with Crippen LogP contribution in [0.1, 0.15) is 29.6 Å². The molecule has 1 aliphatic rings. The highest BCUT2D eigenvalue weighted by Crippen LogP contribution is 2.31. The molecule has 0 amide bonds. The van der Waals surface area contributed by atoms with Gasteiger partial charge in [-0.25, -0.2) is 4.98 Å². The Labute approximate surface area is 87.3 Å². The van der Waals surface area contributed by atoms with Crippen molar-refractivity contribution in [1.82, 2.24) is 4.98 Å². The van der Waals surface area contributed by atoms with E-state index in [1.807, 2.05) is 0 Å². The monoisotopic (exact) mass is 210 g/mol. The lowest BCUT2D eigenvalue weighted by Gasteiger charge is -2.24. The highest BCUT2D eigenvalue weighted by Gasteiger charge is 2.27. The summed E-state index contributed by atoms with van der Waals surface area (Å²) in [6.45, 7) is 0. The molecule has 0 radical (unpaired) electrons. The quantitative estimate of drug-likeness (QED) is 0.763. The number of carbonyl (C=O) groups excluding carboxylic acids is 1. The normalized spacial score (nSPS) is 16.4. The number of nitrogens with zero attached hydrogens (tertiary/aromatic N) is 1. The standard InChI is InChI=1S/C10H11ClN2O/c11-7-4-8(10(12)13-5-7)9(14)6-2-1-3-6/h4-6H,1-3H2,(H2,12,13). The van der Waals surface area contributed by atoms with Crippen LogP contribution in [0.5, 0.6) is 0 Å². The first kappa shape index (κ1) is 9.46. The van der Waals surface area contributed by atoms with Crippen molar-refractivity contribution in [3.8, 4) is 0 Å². The van der Waals surface area contributed by atoms with E-state index in [1.165, 1.54) is 6.20 Å². The zero-order valence-electron chi connectivity index (χ0n) is 7.66. The summed E-state index contributed by atoms with van der Waals surface area (Å²) in [7, 11) is 0. The first-order valence-corrected chi connectivity index (χ1v) is 5.01. The molecule has 1 fully saturated rings. The number of anilines is 1. The maximum Gasteiger partial charge on any atom is 0.169 e. The van der Waals surface area contributed by atoms with Crippen LogP contribution in [0, 0.1) is 5.92 Å². The molecule has 74 valence electrons. The Morgan fingerprint density at radius 2 is 2.29 bits per heavy atom. The van der Waals surface area contributed by atoms with Crippen molar-refractivity contribution in [3.05, 3.63) is 22.8 Å². The minimum absolute atomic E-state index is 0.0868. The Bertz CT molecular complexity index is 374. The topological polar surface area (TPSA) is 56.0 Å². The lowest BCUT2D eigenvalue weighted by atomic mass is 9.80. The first-order valence-electron chi connectivity index (χ1n) is 4.63. The molecule has 1 aromatic heterocycles. The summed E-state index contributed by atoms with van der Waals surface area (Å²) in [5, 5.41) is 0.460. The third-order valence-corrected chi connectivity index (χ3v) is 2.83. The minimum atomic E-state index is 0.0868. The van der Waals surface area contributed by atoms with Crippen LogP contribution in [0.3, 0.4) is 0 Å². The van der Waals surface area contributed by atoms with Crippen LogP contribution in [0.4, 0.5) is 5.82 Å². The molecule has 4 heteroatoms. The van der Waals surface area contributed by atoms with Crippen molar-refractivity contribution in [2.24, 2.45) is 5.92 Å². The second kappa shape index (κ2) is 3.58. The summed E-state index contributed by atoms with van der Waals surface area (Å²) < 4.78 is 0. The molecule has 0 unspecified atom stereocenters. The van der Waals surface area contributed by atoms with Crippen molar-refractivity contribution in [3.63, 3.8) is 0 Å². The number of halogens is 1. The van der Waals surface area contributed by atoms with Gasteiger partial charge in [-0.1, -0.05) is 18.0 Å². The molecule has 0 spiro atoms. The average molecular weight is 211 g/mol. The van der Waals surface area contributed by atoms with Crippen LogP contribution in [0.15, 0.2) is 12.3 Å². The maximum atomic E-state index is 11.8. The molecule has 0 saturated heterocycles. The number of nitrogen functional groups attached to an aromatic ring is 1. The maximum absolute atomic E-state index is 11.8. The largest absolute Gasteiger partial charge is 0.383 e. The Morgan fingerprint density at radius 3 is 2.86 bits per heavy atom. The van der Waals surface area contributed by atoms with Gasteiger partial charge in [0.2, 0.25) is 0 Å². The van der Waals surface area contributed by atoms with E-state index in [0.29, 0.717) is 10.6 Å². The molecule has 0 atom stereocenters. The second-order valence-electron chi connectivity index (χ2n) is 3.58. The van der Waals surface area contributed by atoms with Crippen molar-refractivity contribution in [2.45, 2.75) is 19.3 Å². The zero-order chi connectivity index (χ0) is 10.1. The molecule has 2 N–H and O–H groups in total. The van der Waals surface area contributed by atoms with Gasteiger partial charge in [0.1, 0.15) is 5.82 Å². The summed E-state index contributed by atoms with van der Waals surface area (Å²) in [5.41, 5.74) is 6.09. The number of hydrogen-bond acceptors (Lipinski definition) is 3. The summed E-state index contributed by atoms with van der Waals surface area (Å²) in [5.74, 6) is 0.507. The number of ketones is 1. The minimum Gasteiger partial charge on any atom is -0.383 e. The van der Waals surface area contributed by atoms with Crippen LogP contribution in [-0.2, 0) is 0 Å². The lowest BCUT2D eigenvalue weighted by molar-refractivity contribution is 0.0856. The Kier molecular flexibility index (Phi) is 2.42. The smallest absolute Gasteiger partial charge is 0.169 e. The van der Waals surface area contributed by atoms with Gasteiger partial charge in [0, 0.05) is 12.1 Å². The molecular weight excluding hydrogens is 200 g/mol. The molecular formula is C10H11ClN2O. The summed E-state index contributed by atoms with van der Waals surface area (Å²) in [6, 6.07) is 1.60. The SMILES string of the molecule is Nc1ncc(Cl)cc1C(=O)C1CCC1. The van der Waals surface area contributed by atoms with Gasteiger partial charge >= 0.3 is 0 Å². The molecule has 1 saturated carbocycles. The van der Waals surface area contributed by atoms with Gasteiger partial charge in [-0.05, 0) is 18.9 Å². The van der Waals surface area contributed by atoms with Gasteiger partial charge in [-0.15, -0.1) is 0 Å². The highest BCUT2D eigenvalue weighted by molar-refractivity contribution is 6.31. The molecule has 0 aliphatic heterocycles. The van der Waals surface area contributed by atoms with Crippen LogP contribution in [-0.4, -0.2) is 10.8 Å². The molecule has 1 aromatic rings. The van der Waals surface area contributed by atoms with Gasteiger partial charge in [0.05, 0.1) is 10.6 Å². The molecule has 0 aromatic carbocycles. The van der Waals surface area contributed by atoms with Crippen molar-refractivity contribution in [1.29, 1.82) is 0 Å². The average Bonchev–Trinajstić information content (AvgIpc) is 2.06. The van der Waals surface area contributed by atoms with E-state index < -0.39 is 0 Å². The second-order valence-corrected chi connectivity index (χ2v) is 4.01. The highest BCUT2D eigenvalue weighted by atomic mass is 35.5. The number of hydrogen-bond donors (Lipinski definition) is 1. The van der Waals surface area contributed by atoms with Crippen LogP contribution in [0.25, 0.3) is 0 Å². The lowest BCUT2D eigenvalue weighted by Crippen LogP contribution is -2.23. The van der Waals surface area contributed by atoms with E-state index in [0.717, 1.165) is 19.3 Å². The number of rotatable bonds is 2. The van der Waals surface area contributed by atoms with Gasteiger partial charge in [0.15, 0.2) is 5.78 Å². The third kappa shape index (κ3) is 1.60. The van der Waals surface area contributed by atoms with E-state index in [2.05, 4.69) is 4.98 Å². The number of Topliss-reactive ketones (excluding diaryl/α,β-unsaturated/α-hetero) is 1. The number of nitrogens with two attached hydrogens (primary N) is 1. The van der Waals surface area contributed by atoms with E-state index in [9.17, 15) is 4.79 Å². The predicted octanol–water partition coefficient (Wildman–Crippen LogP) is 2.30. The molecule has 14 heavy (non-hydrogen) atoms. The number of carbonyl (C=O) groups is 1. The third-order valence-electron chi connectivity index (χ3n) is 2.63. The Balaban J connectivity index is 2.29. The van der Waals surface area contributed by atoms with E-state index in [4.69, 9.17) is 17.3 Å². The fraction of sp³-hybridized carbons (Fsp3) is 0.400. The Morgan fingerprint density at radius 1 is 1.57 bits per heavy atom. The van der Waals surface area contributed by atoms with E-state index in [1.54, 1.807) is 6.07 Å². The van der Waals surface area contributed by atoms with Crippen LogP contribution < -0.4 is 5.73 Å². The summed E-state index contributed by atoms with van der Waals surface area (Å²) >= 11 is 5.76. The van der Waals surface area contributed by atoms with Gasteiger partial charge in [-0.2, -0.15) is 0 Å². The van der Waals surface area contributed by atoms with Gasteiger partial charge < -0.3 is 5.73 Å². The van der Waals surface area contributed by atoms with Gasteiger partial charge in [0.25, 0.3) is 0 Å². The number of aromatic nitrogens is 1. The predicted molar refractivity (Wildman–Crippen MR) is 55.3 cm³/mol. The zero-order valence-corrected chi connectivity index (χ0v) is 8.42. The fourth-order valence-corrected chi connectivity index (χ4v) is 1.70. The van der Waals surface area contributed by atoms with E-state index >= 15 is 0 Å². The number of pyridine rings is 1. The van der Waals surface area contributed by atoms with Crippen molar-refractivity contribution in [2.75, 3.05) is 5.73 Å². The van der Waals surface area contributed by atoms with E-state index in [-0.39, 0.29) is 17.5 Å². The molecule has 1 aliphatic carbocycles. The molecule has 1 heterocycles. The van der Waals surface area contributed by atoms with Crippen molar-refractivity contribution < 1.29 is 4.79 Å². The Hall–Kier alpha value is -1.09. The first-order chi connectivity index (χ1) is 6.68. The molecule has 3 nitrogen and oxygen atoms in total. The van der Waals surface area contributed by atoms with Gasteiger partial charge in [-0.3, -0.25) is 4.79 Å². The van der Waals surface area contributed by atoms with Crippen LogP contribution in [0.2, 0.25) is 5.02 Å².